The second-order valence-corrected chi connectivity index (χ2v) is 7.16. The lowest BCUT2D eigenvalue weighted by Gasteiger charge is -2.48. The summed E-state index contributed by atoms with van der Waals surface area (Å²) < 4.78 is 21.5. The average molecular weight is 418 g/mol. The summed E-state index contributed by atoms with van der Waals surface area (Å²) in [6.07, 6.45) is 0. The maximum atomic E-state index is 13.0. The molecule has 0 unspecified atom stereocenters. The van der Waals surface area contributed by atoms with Crippen molar-refractivity contribution in [1.29, 1.82) is 0 Å². The lowest BCUT2D eigenvalue weighted by atomic mass is 9.78. The largest absolute Gasteiger partial charge is 0.495 e. The van der Waals surface area contributed by atoms with Crippen LogP contribution in [0, 0.1) is 5.92 Å². The number of rotatable bonds is 7. The summed E-state index contributed by atoms with van der Waals surface area (Å²) in [6.45, 7) is 5.86. The van der Waals surface area contributed by atoms with Gasteiger partial charge in [-0.05, 0) is 24.6 Å². The zero-order chi connectivity index (χ0) is 21.3. The average Bonchev–Trinajstić information content (AvgIpc) is 2.70. The topological polar surface area (TPSA) is 57.2 Å². The van der Waals surface area contributed by atoms with E-state index < -0.39 is 0 Å². The van der Waals surface area contributed by atoms with Gasteiger partial charge in [-0.2, -0.15) is 0 Å². The second-order valence-electron chi connectivity index (χ2n) is 6.75. The lowest BCUT2D eigenvalue weighted by molar-refractivity contribution is -0.128. The molecule has 1 fully saturated rings. The number of anilines is 1. The van der Waals surface area contributed by atoms with Crippen LogP contribution in [0.25, 0.3) is 0 Å². The van der Waals surface area contributed by atoms with Crippen LogP contribution in [0.1, 0.15) is 18.5 Å². The van der Waals surface area contributed by atoms with E-state index in [1.54, 1.807) is 30.2 Å². The summed E-state index contributed by atoms with van der Waals surface area (Å²) >= 11 is 6.34. The number of hydrogen-bond acceptors (Lipinski definition) is 5. The van der Waals surface area contributed by atoms with Gasteiger partial charge in [0.25, 0.3) is 0 Å². The predicted molar refractivity (Wildman–Crippen MR) is 113 cm³/mol. The molecule has 1 aliphatic rings. The quantitative estimate of drug-likeness (QED) is 0.484. The molecule has 1 aliphatic heterocycles. The van der Waals surface area contributed by atoms with Gasteiger partial charge in [-0.15, -0.1) is 0 Å². The summed E-state index contributed by atoms with van der Waals surface area (Å²) in [5.74, 6) is 1.58. The standard InChI is InChI=1S/C22H24ClNO5/c1-12(2)19-20(13-7-8-16(26-3)15(23)9-13)24(22(19)25)14-10-17(27-4)21(29-6)18(11-14)28-5/h7-11,19-20H,1H2,2-6H3/t19-,20-/m0/s1. The third-order valence-corrected chi connectivity index (χ3v) is 5.37. The van der Waals surface area contributed by atoms with Crippen LogP contribution in [0.4, 0.5) is 5.69 Å². The molecule has 0 spiro atoms. The third-order valence-electron chi connectivity index (χ3n) is 5.07. The Balaban J connectivity index is 2.11. The van der Waals surface area contributed by atoms with Gasteiger partial charge in [-0.3, -0.25) is 4.79 Å². The summed E-state index contributed by atoms with van der Waals surface area (Å²) in [5.41, 5.74) is 2.31. The molecule has 29 heavy (non-hydrogen) atoms. The van der Waals surface area contributed by atoms with Gasteiger partial charge >= 0.3 is 0 Å². The van der Waals surface area contributed by atoms with E-state index in [0.29, 0.717) is 33.7 Å². The highest BCUT2D eigenvalue weighted by molar-refractivity contribution is 6.32. The molecular formula is C22H24ClNO5. The minimum absolute atomic E-state index is 0.0521. The van der Waals surface area contributed by atoms with E-state index in [9.17, 15) is 4.79 Å². The Morgan fingerprint density at radius 2 is 1.55 bits per heavy atom. The van der Waals surface area contributed by atoms with Crippen LogP contribution >= 0.6 is 11.6 Å². The SMILES string of the molecule is C=C(C)[C@@H]1C(=O)N(c2cc(OC)c(OC)c(OC)c2)[C@H]1c1ccc(OC)c(Cl)c1. The molecule has 2 aromatic rings. The zero-order valence-electron chi connectivity index (χ0n) is 17.1. The molecule has 6 nitrogen and oxygen atoms in total. The number of carbonyl (C=O) groups is 1. The maximum absolute atomic E-state index is 13.0. The van der Waals surface area contributed by atoms with E-state index in [0.717, 1.165) is 11.1 Å². The Hall–Kier alpha value is -2.86. The first kappa shape index (κ1) is 20.9. The van der Waals surface area contributed by atoms with Gasteiger partial charge in [-0.1, -0.05) is 29.8 Å². The highest BCUT2D eigenvalue weighted by Crippen LogP contribution is 2.50. The van der Waals surface area contributed by atoms with Gasteiger partial charge in [0.15, 0.2) is 11.5 Å². The van der Waals surface area contributed by atoms with Crippen molar-refractivity contribution >= 4 is 23.2 Å². The molecular weight excluding hydrogens is 394 g/mol. The number of β-lactam (4-membered cyclic amide) rings is 1. The maximum Gasteiger partial charge on any atom is 0.237 e. The number of benzene rings is 2. The first-order valence-electron chi connectivity index (χ1n) is 8.99. The predicted octanol–water partition coefficient (Wildman–Crippen LogP) is 4.65. The Kier molecular flexibility index (Phi) is 5.94. The van der Waals surface area contributed by atoms with Crippen LogP contribution in [0.3, 0.4) is 0 Å². The van der Waals surface area contributed by atoms with Crippen LogP contribution in [0.15, 0.2) is 42.5 Å². The van der Waals surface area contributed by atoms with Gasteiger partial charge in [0.1, 0.15) is 5.75 Å². The number of nitrogens with zero attached hydrogens (tertiary/aromatic N) is 1. The number of methoxy groups -OCH3 is 4. The van der Waals surface area contributed by atoms with Crippen molar-refractivity contribution < 1.29 is 23.7 Å². The van der Waals surface area contributed by atoms with Crippen molar-refractivity contribution in [2.45, 2.75) is 13.0 Å². The van der Waals surface area contributed by atoms with Crippen LogP contribution in [0.5, 0.6) is 23.0 Å². The number of ether oxygens (including phenoxy) is 4. The monoisotopic (exact) mass is 417 g/mol. The molecule has 1 amide bonds. The molecule has 3 rings (SSSR count). The fourth-order valence-electron chi connectivity index (χ4n) is 3.67. The Bertz CT molecular complexity index is 933. The Labute approximate surface area is 175 Å². The molecule has 1 heterocycles. The smallest absolute Gasteiger partial charge is 0.237 e. The first-order valence-corrected chi connectivity index (χ1v) is 9.37. The van der Waals surface area contributed by atoms with Gasteiger partial charge in [-0.25, -0.2) is 0 Å². The Morgan fingerprint density at radius 3 is 2.00 bits per heavy atom. The number of amides is 1. The summed E-state index contributed by atoms with van der Waals surface area (Å²) in [4.78, 5) is 14.7. The fraction of sp³-hybridized carbons (Fsp3) is 0.318. The van der Waals surface area contributed by atoms with Crippen molar-refractivity contribution in [3.05, 3.63) is 53.1 Å². The molecule has 0 radical (unpaired) electrons. The molecule has 0 N–H and O–H groups in total. The highest BCUT2D eigenvalue weighted by atomic mass is 35.5. The van der Waals surface area contributed by atoms with Crippen LogP contribution in [-0.4, -0.2) is 34.3 Å². The van der Waals surface area contributed by atoms with E-state index in [1.165, 1.54) is 21.3 Å². The van der Waals surface area contributed by atoms with E-state index in [4.69, 9.17) is 30.5 Å². The fourth-order valence-corrected chi connectivity index (χ4v) is 3.94. The van der Waals surface area contributed by atoms with E-state index >= 15 is 0 Å². The van der Waals surface area contributed by atoms with Gasteiger partial charge in [0.2, 0.25) is 11.7 Å². The number of carbonyl (C=O) groups excluding carboxylic acids is 1. The zero-order valence-corrected chi connectivity index (χ0v) is 17.9. The Morgan fingerprint density at radius 1 is 0.966 bits per heavy atom. The third kappa shape index (κ3) is 3.49. The van der Waals surface area contributed by atoms with Crippen molar-refractivity contribution in [2.75, 3.05) is 33.3 Å². The van der Waals surface area contributed by atoms with Crippen LogP contribution < -0.4 is 23.8 Å². The van der Waals surface area contributed by atoms with Crippen molar-refractivity contribution in [2.24, 2.45) is 5.92 Å². The van der Waals surface area contributed by atoms with E-state index in [-0.39, 0.29) is 17.9 Å². The number of halogens is 1. The van der Waals surface area contributed by atoms with Crippen LogP contribution in [0.2, 0.25) is 5.02 Å². The summed E-state index contributed by atoms with van der Waals surface area (Å²) in [7, 11) is 6.17. The van der Waals surface area contributed by atoms with Gasteiger partial charge in [0.05, 0.1) is 51.1 Å². The molecule has 0 aliphatic carbocycles. The molecule has 1 saturated heterocycles. The molecule has 0 saturated carbocycles. The van der Waals surface area contributed by atoms with Crippen molar-refractivity contribution in [1.82, 2.24) is 0 Å². The minimum Gasteiger partial charge on any atom is -0.495 e. The lowest BCUT2D eigenvalue weighted by Crippen LogP contribution is -2.55. The van der Waals surface area contributed by atoms with Gasteiger partial charge in [0, 0.05) is 12.1 Å². The summed E-state index contributed by atoms with van der Waals surface area (Å²) in [5, 5.41) is 0.481. The minimum atomic E-state index is -0.349. The molecule has 154 valence electrons. The second kappa shape index (κ2) is 8.25. The van der Waals surface area contributed by atoms with E-state index in [2.05, 4.69) is 6.58 Å². The normalized spacial score (nSPS) is 18.1. The molecule has 0 bridgehead atoms. The highest BCUT2D eigenvalue weighted by Gasteiger charge is 2.49. The van der Waals surface area contributed by atoms with Crippen LogP contribution in [-0.2, 0) is 4.79 Å². The first-order chi connectivity index (χ1) is 13.9. The van der Waals surface area contributed by atoms with Crippen molar-refractivity contribution in [3.8, 4) is 23.0 Å². The number of hydrogen-bond donors (Lipinski definition) is 0. The summed E-state index contributed by atoms with van der Waals surface area (Å²) in [6, 6.07) is 8.77. The van der Waals surface area contributed by atoms with Crippen molar-refractivity contribution in [3.63, 3.8) is 0 Å². The van der Waals surface area contributed by atoms with Gasteiger partial charge < -0.3 is 23.8 Å². The molecule has 2 atom stereocenters. The molecule has 7 heteroatoms. The van der Waals surface area contributed by atoms with E-state index in [1.807, 2.05) is 19.1 Å². The molecule has 0 aromatic heterocycles. The molecule has 2 aromatic carbocycles.